The first-order valence-electron chi connectivity index (χ1n) is 9.60. The normalized spacial score (nSPS) is 13.7. The van der Waals surface area contributed by atoms with Gasteiger partial charge in [-0.3, -0.25) is 5.01 Å². The van der Waals surface area contributed by atoms with Crippen LogP contribution in [0.3, 0.4) is 0 Å². The predicted molar refractivity (Wildman–Crippen MR) is 121 cm³/mol. The zero-order valence-electron chi connectivity index (χ0n) is 17.8. The Kier molecular flexibility index (Phi) is 12.2. The van der Waals surface area contributed by atoms with Gasteiger partial charge in [0.2, 0.25) is 0 Å². The van der Waals surface area contributed by atoms with E-state index in [1.807, 2.05) is 18.1 Å². The molecule has 0 aliphatic heterocycles. The number of nitrogens with zero attached hydrogens (tertiary/aromatic N) is 2. The maximum atomic E-state index is 4.41. The van der Waals surface area contributed by atoms with Gasteiger partial charge in [0.15, 0.2) is 0 Å². The number of allylic oxidation sites excluding steroid dienone is 1. The van der Waals surface area contributed by atoms with E-state index in [0.717, 1.165) is 18.1 Å². The first-order chi connectivity index (χ1) is 13.7. The van der Waals surface area contributed by atoms with Crippen molar-refractivity contribution in [3.63, 3.8) is 0 Å². The fourth-order valence-electron chi connectivity index (χ4n) is 3.15. The molecular formula is C24H31KN4. The van der Waals surface area contributed by atoms with Crippen LogP contribution in [0.25, 0.3) is 16.1 Å². The van der Waals surface area contributed by atoms with E-state index in [4.69, 9.17) is 0 Å². The van der Waals surface area contributed by atoms with Gasteiger partial charge in [-0.15, -0.1) is 19.7 Å². The minimum atomic E-state index is 0. The summed E-state index contributed by atoms with van der Waals surface area (Å²) in [6.45, 7) is 14.4. The number of hydrogen-bond acceptors (Lipinski definition) is 3. The molecule has 1 aliphatic rings. The molecule has 29 heavy (non-hydrogen) atoms. The molecule has 0 radical (unpaired) electrons. The van der Waals surface area contributed by atoms with Gasteiger partial charge in [-0.2, -0.15) is 0 Å². The Balaban J connectivity index is 0.00000136. The molecule has 0 saturated heterocycles. The molecule has 0 spiro atoms. The molecule has 0 bridgehead atoms. The Morgan fingerprint density at radius 3 is 2.45 bits per heavy atom. The smallest absolute Gasteiger partial charge is 0.441 e. The third kappa shape index (κ3) is 7.44. The van der Waals surface area contributed by atoms with Crippen LogP contribution in [0.15, 0.2) is 92.6 Å². The van der Waals surface area contributed by atoms with E-state index in [0.29, 0.717) is 6.04 Å². The van der Waals surface area contributed by atoms with Crippen molar-refractivity contribution in [3.05, 3.63) is 103 Å². The molecule has 2 N–H and O–H groups in total. The predicted octanol–water partition coefficient (Wildman–Crippen LogP) is 2.60. The van der Waals surface area contributed by atoms with Crippen molar-refractivity contribution in [1.82, 2.24) is 15.8 Å². The number of benzene rings is 2. The van der Waals surface area contributed by atoms with Gasteiger partial charge < -0.3 is 16.1 Å². The summed E-state index contributed by atoms with van der Waals surface area (Å²) in [5, 5.41) is 12.5. The summed E-state index contributed by atoms with van der Waals surface area (Å²) >= 11 is 0. The maximum absolute atomic E-state index is 4.41. The Labute approximate surface area is 218 Å². The van der Waals surface area contributed by atoms with E-state index in [-0.39, 0.29) is 51.4 Å². The van der Waals surface area contributed by atoms with Crippen LogP contribution in [0.1, 0.15) is 24.8 Å². The van der Waals surface area contributed by atoms with Crippen LogP contribution in [-0.4, -0.2) is 18.1 Å². The van der Waals surface area contributed by atoms with Crippen LogP contribution in [0.4, 0.5) is 0 Å². The molecule has 4 nitrogen and oxygen atoms in total. The van der Waals surface area contributed by atoms with Gasteiger partial charge in [0, 0.05) is 18.3 Å². The second kappa shape index (κ2) is 13.8. The molecule has 2 aromatic carbocycles. The van der Waals surface area contributed by atoms with Crippen molar-refractivity contribution in [1.29, 1.82) is 0 Å². The summed E-state index contributed by atoms with van der Waals surface area (Å²) in [5.74, 6) is 0.740. The molecule has 0 atom stereocenters. The van der Waals surface area contributed by atoms with Crippen molar-refractivity contribution in [3.8, 4) is 0 Å². The summed E-state index contributed by atoms with van der Waals surface area (Å²) in [5.41, 5.74) is 5.56. The van der Waals surface area contributed by atoms with Crippen LogP contribution in [0, 0.1) is 0 Å². The molecule has 3 rings (SSSR count). The zero-order chi connectivity index (χ0) is 20.4. The molecule has 5 heteroatoms. The quantitative estimate of drug-likeness (QED) is 0.287. The molecule has 0 heterocycles. The average molecular weight is 415 g/mol. The Hall–Kier alpha value is -1.34. The first kappa shape index (κ1) is 25.7. The third-order valence-electron chi connectivity index (χ3n) is 4.73. The average Bonchev–Trinajstić information content (AvgIpc) is 2.69. The third-order valence-corrected chi connectivity index (χ3v) is 4.73. The molecule has 0 aromatic heterocycles. The Bertz CT molecular complexity index is 821. The molecule has 148 valence electrons. The number of nitrogens with one attached hydrogen (secondary N) is 2. The fraction of sp³-hybridized carbons (Fsp3) is 0.250. The summed E-state index contributed by atoms with van der Waals surface area (Å²) in [7, 11) is 2.02. The van der Waals surface area contributed by atoms with Gasteiger partial charge in [0.25, 0.3) is 0 Å². The van der Waals surface area contributed by atoms with Crippen molar-refractivity contribution < 1.29 is 51.4 Å². The molecule has 1 saturated carbocycles. The van der Waals surface area contributed by atoms with E-state index in [2.05, 4.69) is 84.8 Å². The van der Waals surface area contributed by atoms with Crippen LogP contribution in [-0.2, 0) is 6.54 Å². The maximum Gasteiger partial charge on any atom is 1.00 e. The molecular weight excluding hydrogens is 383 g/mol. The molecule has 2 aromatic rings. The van der Waals surface area contributed by atoms with Crippen molar-refractivity contribution >= 4 is 10.8 Å². The zero-order valence-corrected chi connectivity index (χ0v) is 20.9. The largest absolute Gasteiger partial charge is 1.00 e. The van der Waals surface area contributed by atoms with Gasteiger partial charge in [0.05, 0.1) is 0 Å². The topological polar surface area (TPSA) is 41.4 Å². The van der Waals surface area contributed by atoms with E-state index in [9.17, 15) is 0 Å². The van der Waals surface area contributed by atoms with E-state index >= 15 is 0 Å². The van der Waals surface area contributed by atoms with Crippen molar-refractivity contribution in [2.75, 3.05) is 7.05 Å². The number of rotatable bonds is 9. The van der Waals surface area contributed by atoms with E-state index in [1.54, 1.807) is 6.20 Å². The Morgan fingerprint density at radius 1 is 1.14 bits per heavy atom. The fourth-order valence-corrected chi connectivity index (χ4v) is 3.15. The van der Waals surface area contributed by atoms with Gasteiger partial charge >= 0.3 is 51.4 Å². The molecule has 0 unspecified atom stereocenters. The number of hydrazine groups is 1. The van der Waals surface area contributed by atoms with Gasteiger partial charge in [-0.05, 0) is 54.5 Å². The standard InChI is InChI=1S/C22H27N4.C2H4.K/c1-4-21(24-19-13-9-14-19)22(23-5-2)25-26(3)16-18-12-8-11-17-10-6-7-15-20(17)18;1-2;/h4-8,10-12,15,19,24-25H,1-2,9,13-14,16H2,3H3;1-2H2;/q-1;;+1/b22-21+;;. The Morgan fingerprint density at radius 2 is 1.83 bits per heavy atom. The van der Waals surface area contributed by atoms with Gasteiger partial charge in [-0.25, -0.2) is 0 Å². The molecule has 0 amide bonds. The van der Waals surface area contributed by atoms with Crippen molar-refractivity contribution in [2.45, 2.75) is 31.8 Å². The summed E-state index contributed by atoms with van der Waals surface area (Å²) < 4.78 is 0. The monoisotopic (exact) mass is 414 g/mol. The second-order valence-electron chi connectivity index (χ2n) is 6.66. The first-order valence-corrected chi connectivity index (χ1v) is 9.60. The van der Waals surface area contributed by atoms with Gasteiger partial charge in [0.1, 0.15) is 0 Å². The second-order valence-corrected chi connectivity index (χ2v) is 6.66. The van der Waals surface area contributed by atoms with E-state index in [1.165, 1.54) is 35.6 Å². The van der Waals surface area contributed by atoms with Crippen LogP contribution >= 0.6 is 0 Å². The summed E-state index contributed by atoms with van der Waals surface area (Å²) in [6, 6.07) is 15.4. The molecule has 1 aliphatic carbocycles. The summed E-state index contributed by atoms with van der Waals surface area (Å²) in [6.07, 6.45) is 7.05. The summed E-state index contributed by atoms with van der Waals surface area (Å²) in [4.78, 5) is 0. The molecule has 1 fully saturated rings. The number of fused-ring (bicyclic) bond motifs is 1. The van der Waals surface area contributed by atoms with Crippen LogP contribution in [0.2, 0.25) is 0 Å². The van der Waals surface area contributed by atoms with Crippen molar-refractivity contribution in [2.24, 2.45) is 0 Å². The SMILES string of the molecule is C=C.C=C[N-]/C(NN(C)Cc1cccc2ccccc12)=C(/C=C)NC1CCC1.[K+]. The van der Waals surface area contributed by atoms with E-state index < -0.39 is 0 Å². The van der Waals surface area contributed by atoms with Gasteiger partial charge in [-0.1, -0.05) is 55.2 Å². The number of hydrogen-bond donors (Lipinski definition) is 2. The van der Waals surface area contributed by atoms with Crippen LogP contribution < -0.4 is 62.1 Å². The minimum absolute atomic E-state index is 0. The minimum Gasteiger partial charge on any atom is -0.441 e. The van der Waals surface area contributed by atoms with Crippen LogP contribution in [0.5, 0.6) is 0 Å².